The first-order chi connectivity index (χ1) is 10.5. The highest BCUT2D eigenvalue weighted by atomic mass is 35.6. The fourth-order valence-electron chi connectivity index (χ4n) is 1.90. The number of benzene rings is 1. The highest BCUT2D eigenvalue weighted by molar-refractivity contribution is 6.68. The summed E-state index contributed by atoms with van der Waals surface area (Å²) in [7, 11) is 0. The number of pyridine rings is 1. The molecular weight excluding hydrogens is 345 g/mol. The molecule has 2 aromatic rings. The Balaban J connectivity index is 2.02. The van der Waals surface area contributed by atoms with E-state index in [1.807, 2.05) is 30.3 Å². The number of carbonyl (C=O) groups excluding carboxylic acids is 1. The van der Waals surface area contributed by atoms with Crippen molar-refractivity contribution in [3.05, 3.63) is 66.0 Å². The third-order valence-electron chi connectivity index (χ3n) is 3.03. The predicted octanol–water partition coefficient (Wildman–Crippen LogP) is 4.61. The van der Waals surface area contributed by atoms with Crippen LogP contribution in [0.1, 0.15) is 22.5 Å². The van der Waals surface area contributed by atoms with E-state index >= 15 is 0 Å². The molecule has 0 spiro atoms. The number of halogens is 3. The maximum absolute atomic E-state index is 12.1. The average molecular weight is 359 g/mol. The van der Waals surface area contributed by atoms with Gasteiger partial charge in [0.05, 0.1) is 0 Å². The van der Waals surface area contributed by atoms with Gasteiger partial charge in [0.2, 0.25) is 3.79 Å². The van der Waals surface area contributed by atoms with E-state index in [-0.39, 0.29) is 5.69 Å². The average Bonchev–Trinajstić information content (AvgIpc) is 2.52. The second-order valence-electron chi connectivity index (χ2n) is 4.67. The lowest BCUT2D eigenvalue weighted by Gasteiger charge is -2.24. The summed E-state index contributed by atoms with van der Waals surface area (Å²) < 4.78 is 3.63. The van der Waals surface area contributed by atoms with E-state index in [9.17, 15) is 4.79 Å². The first kappa shape index (κ1) is 17.1. The molecule has 0 saturated carbocycles. The fraction of sp³-hybridized carbons (Fsp3) is 0.250. The smallest absolute Gasteiger partial charge is 0.357 e. The molecule has 116 valence electrons. The summed E-state index contributed by atoms with van der Waals surface area (Å²) in [5.74, 6) is -0.606. The number of aromatic nitrogens is 1. The van der Waals surface area contributed by atoms with E-state index in [2.05, 4.69) is 4.98 Å². The number of esters is 1. The van der Waals surface area contributed by atoms with Crippen molar-refractivity contribution in [3.8, 4) is 0 Å². The molecule has 22 heavy (non-hydrogen) atoms. The Bertz CT molecular complexity index is 600. The van der Waals surface area contributed by atoms with Crippen molar-refractivity contribution in [1.29, 1.82) is 0 Å². The topological polar surface area (TPSA) is 39.2 Å². The van der Waals surface area contributed by atoms with Crippen molar-refractivity contribution in [3.63, 3.8) is 0 Å². The van der Waals surface area contributed by atoms with Crippen LogP contribution in [0.3, 0.4) is 0 Å². The van der Waals surface area contributed by atoms with Crippen LogP contribution in [-0.2, 0) is 11.2 Å². The van der Waals surface area contributed by atoms with Gasteiger partial charge in [0.1, 0.15) is 11.8 Å². The van der Waals surface area contributed by atoms with E-state index in [1.54, 1.807) is 18.2 Å². The SMILES string of the molecule is O=C(OC(CCc1ccccc1)C(Cl)(Cl)Cl)c1ccccn1. The third kappa shape index (κ3) is 5.16. The van der Waals surface area contributed by atoms with Crippen LogP contribution in [0.25, 0.3) is 0 Å². The van der Waals surface area contributed by atoms with Crippen LogP contribution in [0.2, 0.25) is 0 Å². The van der Waals surface area contributed by atoms with Crippen LogP contribution in [-0.4, -0.2) is 20.8 Å². The quantitative estimate of drug-likeness (QED) is 0.579. The van der Waals surface area contributed by atoms with Gasteiger partial charge in [-0.25, -0.2) is 9.78 Å². The van der Waals surface area contributed by atoms with Crippen molar-refractivity contribution in [1.82, 2.24) is 4.98 Å². The van der Waals surface area contributed by atoms with Crippen LogP contribution >= 0.6 is 34.8 Å². The minimum Gasteiger partial charge on any atom is -0.453 e. The maximum atomic E-state index is 12.1. The summed E-state index contributed by atoms with van der Waals surface area (Å²) in [6.07, 6.45) is 1.69. The summed E-state index contributed by atoms with van der Waals surface area (Å²) in [5, 5.41) is 0. The molecule has 0 aliphatic rings. The maximum Gasteiger partial charge on any atom is 0.357 e. The van der Waals surface area contributed by atoms with Crippen molar-refractivity contribution >= 4 is 40.8 Å². The number of hydrogen-bond donors (Lipinski definition) is 0. The van der Waals surface area contributed by atoms with Gasteiger partial charge in [0, 0.05) is 6.20 Å². The Kier molecular flexibility index (Phi) is 6.07. The molecule has 0 radical (unpaired) electrons. The molecule has 0 saturated heterocycles. The molecule has 0 aliphatic heterocycles. The first-order valence-electron chi connectivity index (χ1n) is 6.69. The van der Waals surface area contributed by atoms with Crippen molar-refractivity contribution in [2.24, 2.45) is 0 Å². The van der Waals surface area contributed by atoms with E-state index in [0.29, 0.717) is 12.8 Å². The molecule has 1 heterocycles. The number of carbonyl (C=O) groups is 1. The monoisotopic (exact) mass is 357 g/mol. The lowest BCUT2D eigenvalue weighted by Crippen LogP contribution is -2.32. The number of rotatable bonds is 5. The molecule has 1 aromatic carbocycles. The number of ether oxygens (including phenoxy) is 1. The van der Waals surface area contributed by atoms with Crippen molar-refractivity contribution in [2.75, 3.05) is 0 Å². The zero-order chi connectivity index (χ0) is 16.0. The van der Waals surface area contributed by atoms with Gasteiger partial charge < -0.3 is 4.74 Å². The Morgan fingerprint density at radius 3 is 2.36 bits per heavy atom. The molecular formula is C16H14Cl3NO2. The molecule has 1 atom stereocenters. The van der Waals surface area contributed by atoms with Crippen LogP contribution in [0, 0.1) is 0 Å². The molecule has 0 N–H and O–H groups in total. The first-order valence-corrected chi connectivity index (χ1v) is 7.83. The van der Waals surface area contributed by atoms with Crippen LogP contribution < -0.4 is 0 Å². The number of nitrogens with zero attached hydrogens (tertiary/aromatic N) is 1. The van der Waals surface area contributed by atoms with E-state index in [1.165, 1.54) is 6.20 Å². The zero-order valence-electron chi connectivity index (χ0n) is 11.6. The fourth-order valence-corrected chi connectivity index (χ4v) is 2.37. The molecule has 0 bridgehead atoms. The standard InChI is InChI=1S/C16H14Cl3NO2/c17-16(18,19)14(10-9-12-6-2-1-3-7-12)22-15(21)13-8-4-5-11-20-13/h1-8,11,14H,9-10H2. The van der Waals surface area contributed by atoms with Gasteiger partial charge >= 0.3 is 5.97 Å². The van der Waals surface area contributed by atoms with E-state index < -0.39 is 15.9 Å². The summed E-state index contributed by atoms with van der Waals surface area (Å²) in [5.41, 5.74) is 1.26. The lowest BCUT2D eigenvalue weighted by atomic mass is 10.1. The van der Waals surface area contributed by atoms with Gasteiger partial charge in [-0.05, 0) is 30.5 Å². The molecule has 1 unspecified atom stereocenters. The van der Waals surface area contributed by atoms with Gasteiger partial charge in [0.25, 0.3) is 0 Å². The Labute approximate surface area is 144 Å². The molecule has 3 nitrogen and oxygen atoms in total. The summed E-state index contributed by atoms with van der Waals surface area (Å²) >= 11 is 17.8. The normalized spacial score (nSPS) is 12.7. The second kappa shape index (κ2) is 7.82. The molecule has 6 heteroatoms. The lowest BCUT2D eigenvalue weighted by molar-refractivity contribution is 0.0284. The van der Waals surface area contributed by atoms with Crippen LogP contribution in [0.15, 0.2) is 54.7 Å². The third-order valence-corrected chi connectivity index (χ3v) is 3.76. The molecule has 0 aliphatic carbocycles. The minimum absolute atomic E-state index is 0.182. The largest absolute Gasteiger partial charge is 0.453 e. The predicted molar refractivity (Wildman–Crippen MR) is 88.5 cm³/mol. The van der Waals surface area contributed by atoms with Gasteiger partial charge in [-0.3, -0.25) is 0 Å². The minimum atomic E-state index is -1.70. The molecule has 0 fully saturated rings. The summed E-state index contributed by atoms with van der Waals surface area (Å²) in [6.45, 7) is 0. The second-order valence-corrected chi connectivity index (χ2v) is 7.04. The Hall–Kier alpha value is -1.29. The molecule has 2 rings (SSSR count). The highest BCUT2D eigenvalue weighted by Gasteiger charge is 2.36. The van der Waals surface area contributed by atoms with E-state index in [4.69, 9.17) is 39.5 Å². The van der Waals surface area contributed by atoms with Gasteiger partial charge in [-0.2, -0.15) is 0 Å². The number of hydrogen-bond acceptors (Lipinski definition) is 3. The van der Waals surface area contributed by atoms with Gasteiger partial charge in [0.15, 0.2) is 0 Å². The summed E-state index contributed by atoms with van der Waals surface area (Å²) in [6, 6.07) is 14.7. The van der Waals surface area contributed by atoms with Crippen LogP contribution in [0.5, 0.6) is 0 Å². The van der Waals surface area contributed by atoms with E-state index in [0.717, 1.165) is 5.56 Å². The van der Waals surface area contributed by atoms with Crippen molar-refractivity contribution in [2.45, 2.75) is 22.7 Å². The number of aryl methyl sites for hydroxylation is 1. The Morgan fingerprint density at radius 1 is 1.09 bits per heavy atom. The number of alkyl halides is 3. The zero-order valence-corrected chi connectivity index (χ0v) is 13.9. The summed E-state index contributed by atoms with van der Waals surface area (Å²) in [4.78, 5) is 16.0. The van der Waals surface area contributed by atoms with Crippen LogP contribution in [0.4, 0.5) is 0 Å². The van der Waals surface area contributed by atoms with Gasteiger partial charge in [-0.15, -0.1) is 0 Å². The van der Waals surface area contributed by atoms with Crippen molar-refractivity contribution < 1.29 is 9.53 Å². The highest BCUT2D eigenvalue weighted by Crippen LogP contribution is 2.35. The molecule has 0 amide bonds. The van der Waals surface area contributed by atoms with Gasteiger partial charge in [-0.1, -0.05) is 71.2 Å². The molecule has 1 aromatic heterocycles. The Morgan fingerprint density at radius 2 is 1.77 bits per heavy atom.